The monoisotopic (exact) mass is 211 g/mol. The molecule has 0 aromatic carbocycles. The van der Waals surface area contributed by atoms with Crippen molar-refractivity contribution in [2.45, 2.75) is 37.4 Å². The Morgan fingerprint density at radius 2 is 2.57 bits per heavy atom. The summed E-state index contributed by atoms with van der Waals surface area (Å²) in [6, 6.07) is 2.12. The van der Waals surface area contributed by atoms with E-state index in [1.54, 1.807) is 0 Å². The summed E-state index contributed by atoms with van der Waals surface area (Å²) >= 11 is 1.99. The lowest BCUT2D eigenvalue weighted by molar-refractivity contribution is 0.554. The van der Waals surface area contributed by atoms with Crippen LogP contribution in [0.5, 0.6) is 0 Å². The Labute approximate surface area is 89.3 Å². The van der Waals surface area contributed by atoms with Gasteiger partial charge in [0, 0.05) is 24.5 Å². The molecule has 14 heavy (non-hydrogen) atoms. The molecule has 2 rings (SSSR count). The van der Waals surface area contributed by atoms with E-state index in [1.807, 2.05) is 18.0 Å². The van der Waals surface area contributed by atoms with Gasteiger partial charge in [0.05, 0.1) is 11.1 Å². The number of hydrogen-bond donors (Lipinski definition) is 1. The molecule has 0 amide bonds. The SMILES string of the molecule is CCCn1nccc1C1NCC(C)S1. The van der Waals surface area contributed by atoms with Gasteiger partial charge in [-0.15, -0.1) is 11.8 Å². The molecule has 0 bridgehead atoms. The highest BCUT2D eigenvalue weighted by Crippen LogP contribution is 2.34. The number of thioether (sulfide) groups is 1. The molecular formula is C10H17N3S. The predicted octanol–water partition coefficient (Wildman–Crippen LogP) is 2.02. The van der Waals surface area contributed by atoms with Crippen LogP contribution in [0.3, 0.4) is 0 Å². The van der Waals surface area contributed by atoms with Crippen molar-refractivity contribution in [2.24, 2.45) is 0 Å². The second-order valence-corrected chi connectivity index (χ2v) is 5.26. The van der Waals surface area contributed by atoms with Crippen LogP contribution >= 0.6 is 11.8 Å². The Morgan fingerprint density at radius 3 is 3.21 bits per heavy atom. The van der Waals surface area contributed by atoms with E-state index in [2.05, 4.69) is 35.0 Å². The van der Waals surface area contributed by atoms with Crippen LogP contribution < -0.4 is 5.32 Å². The van der Waals surface area contributed by atoms with Crippen molar-refractivity contribution in [3.05, 3.63) is 18.0 Å². The molecule has 1 aromatic heterocycles. The minimum Gasteiger partial charge on any atom is -0.299 e. The summed E-state index contributed by atoms with van der Waals surface area (Å²) in [4.78, 5) is 0. The maximum absolute atomic E-state index is 4.34. The molecule has 1 fully saturated rings. The predicted molar refractivity (Wildman–Crippen MR) is 60.3 cm³/mol. The number of nitrogens with one attached hydrogen (secondary N) is 1. The first-order chi connectivity index (χ1) is 6.81. The summed E-state index contributed by atoms with van der Waals surface area (Å²) in [5.41, 5.74) is 1.32. The van der Waals surface area contributed by atoms with Crippen LogP contribution in [0.4, 0.5) is 0 Å². The second kappa shape index (κ2) is 4.36. The van der Waals surface area contributed by atoms with Gasteiger partial charge in [-0.2, -0.15) is 5.10 Å². The molecule has 4 heteroatoms. The highest BCUT2D eigenvalue weighted by atomic mass is 32.2. The topological polar surface area (TPSA) is 29.9 Å². The summed E-state index contributed by atoms with van der Waals surface area (Å²) in [5.74, 6) is 0. The summed E-state index contributed by atoms with van der Waals surface area (Å²) in [7, 11) is 0. The molecule has 1 aromatic rings. The lowest BCUT2D eigenvalue weighted by Crippen LogP contribution is -2.17. The van der Waals surface area contributed by atoms with Crippen LogP contribution in [-0.4, -0.2) is 21.6 Å². The smallest absolute Gasteiger partial charge is 0.0962 e. The van der Waals surface area contributed by atoms with Crippen molar-refractivity contribution in [3.8, 4) is 0 Å². The molecule has 2 atom stereocenters. The number of aromatic nitrogens is 2. The summed E-state index contributed by atoms with van der Waals surface area (Å²) in [6.45, 7) is 6.57. The molecule has 0 aliphatic carbocycles. The van der Waals surface area contributed by atoms with Crippen LogP contribution in [0.2, 0.25) is 0 Å². The lowest BCUT2D eigenvalue weighted by atomic mass is 10.4. The van der Waals surface area contributed by atoms with Crippen LogP contribution in [0.15, 0.2) is 12.3 Å². The van der Waals surface area contributed by atoms with E-state index in [4.69, 9.17) is 0 Å². The maximum atomic E-state index is 4.34. The molecule has 3 nitrogen and oxygen atoms in total. The van der Waals surface area contributed by atoms with Crippen LogP contribution in [0, 0.1) is 0 Å². The fourth-order valence-electron chi connectivity index (χ4n) is 1.74. The fourth-order valence-corrected chi connectivity index (χ4v) is 2.93. The largest absolute Gasteiger partial charge is 0.299 e. The van der Waals surface area contributed by atoms with Gasteiger partial charge in [0.15, 0.2) is 0 Å². The van der Waals surface area contributed by atoms with E-state index in [1.165, 1.54) is 5.69 Å². The Kier molecular flexibility index (Phi) is 3.13. The van der Waals surface area contributed by atoms with Crippen molar-refractivity contribution in [2.75, 3.05) is 6.54 Å². The number of aryl methyl sites for hydroxylation is 1. The molecule has 0 radical (unpaired) electrons. The summed E-state index contributed by atoms with van der Waals surface area (Å²) in [6.07, 6.45) is 3.04. The second-order valence-electron chi connectivity index (χ2n) is 3.71. The van der Waals surface area contributed by atoms with Crippen molar-refractivity contribution < 1.29 is 0 Å². The van der Waals surface area contributed by atoms with Crippen molar-refractivity contribution >= 4 is 11.8 Å². The quantitative estimate of drug-likeness (QED) is 0.829. The van der Waals surface area contributed by atoms with Gasteiger partial charge in [-0.25, -0.2) is 0 Å². The molecule has 1 aliphatic heterocycles. The highest BCUT2D eigenvalue weighted by molar-refractivity contribution is 8.00. The fraction of sp³-hybridized carbons (Fsp3) is 0.700. The van der Waals surface area contributed by atoms with Gasteiger partial charge in [-0.3, -0.25) is 10.00 Å². The molecule has 1 aliphatic rings. The summed E-state index contributed by atoms with van der Waals surface area (Å²) < 4.78 is 2.11. The first-order valence-corrected chi connectivity index (χ1v) is 6.16. The third-order valence-corrected chi connectivity index (χ3v) is 3.72. The van der Waals surface area contributed by atoms with Crippen molar-refractivity contribution in [1.82, 2.24) is 15.1 Å². The van der Waals surface area contributed by atoms with Crippen LogP contribution in [-0.2, 0) is 6.54 Å². The van der Waals surface area contributed by atoms with Gasteiger partial charge in [0.25, 0.3) is 0 Å². The van der Waals surface area contributed by atoms with E-state index in [9.17, 15) is 0 Å². The van der Waals surface area contributed by atoms with E-state index in [0.29, 0.717) is 10.6 Å². The standard InChI is InChI=1S/C10H17N3S/c1-3-6-13-9(4-5-12-13)10-11-7-8(2)14-10/h4-5,8,10-11H,3,6-7H2,1-2H3. The number of rotatable bonds is 3. The van der Waals surface area contributed by atoms with Gasteiger partial charge in [-0.1, -0.05) is 13.8 Å². The van der Waals surface area contributed by atoms with Crippen LogP contribution in [0.25, 0.3) is 0 Å². The zero-order valence-corrected chi connectivity index (χ0v) is 9.55. The van der Waals surface area contributed by atoms with Gasteiger partial charge >= 0.3 is 0 Å². The molecule has 2 heterocycles. The van der Waals surface area contributed by atoms with Gasteiger partial charge < -0.3 is 0 Å². The minimum absolute atomic E-state index is 0.444. The van der Waals surface area contributed by atoms with Gasteiger partial charge in [-0.05, 0) is 12.5 Å². The van der Waals surface area contributed by atoms with E-state index >= 15 is 0 Å². The lowest BCUT2D eigenvalue weighted by Gasteiger charge is -2.12. The molecule has 1 N–H and O–H groups in total. The van der Waals surface area contributed by atoms with Gasteiger partial charge in [0.2, 0.25) is 0 Å². The molecular weight excluding hydrogens is 194 g/mol. The van der Waals surface area contributed by atoms with Gasteiger partial charge in [0.1, 0.15) is 0 Å². The zero-order valence-electron chi connectivity index (χ0n) is 8.73. The van der Waals surface area contributed by atoms with E-state index in [0.717, 1.165) is 19.5 Å². The summed E-state index contributed by atoms with van der Waals surface area (Å²) in [5, 5.41) is 9.01. The number of nitrogens with zero attached hydrogens (tertiary/aromatic N) is 2. The molecule has 2 unspecified atom stereocenters. The Bertz CT molecular complexity index is 297. The normalized spacial score (nSPS) is 27.0. The Hall–Kier alpha value is -0.480. The third kappa shape index (κ3) is 1.96. The Balaban J connectivity index is 2.11. The first kappa shape index (κ1) is 10.1. The average Bonchev–Trinajstić information content (AvgIpc) is 2.74. The van der Waals surface area contributed by atoms with Crippen LogP contribution in [0.1, 0.15) is 31.3 Å². The first-order valence-electron chi connectivity index (χ1n) is 5.22. The average molecular weight is 211 g/mol. The van der Waals surface area contributed by atoms with E-state index < -0.39 is 0 Å². The molecule has 0 spiro atoms. The van der Waals surface area contributed by atoms with Crippen molar-refractivity contribution in [1.29, 1.82) is 0 Å². The number of hydrogen-bond acceptors (Lipinski definition) is 3. The zero-order chi connectivity index (χ0) is 9.97. The minimum atomic E-state index is 0.444. The highest BCUT2D eigenvalue weighted by Gasteiger charge is 2.24. The maximum Gasteiger partial charge on any atom is 0.0962 e. The van der Waals surface area contributed by atoms with E-state index in [-0.39, 0.29) is 0 Å². The third-order valence-electron chi connectivity index (χ3n) is 2.41. The molecule has 0 saturated carbocycles. The molecule has 1 saturated heterocycles. The Morgan fingerprint density at radius 1 is 1.71 bits per heavy atom. The molecule has 78 valence electrons. The van der Waals surface area contributed by atoms with Crippen molar-refractivity contribution in [3.63, 3.8) is 0 Å².